The van der Waals surface area contributed by atoms with Gasteiger partial charge in [-0.15, -0.1) is 11.3 Å². The number of carbonyl (C=O) groups is 1. The van der Waals surface area contributed by atoms with Crippen molar-refractivity contribution in [1.82, 2.24) is 9.38 Å². The maximum atomic E-state index is 12.4. The zero-order valence-corrected chi connectivity index (χ0v) is 13.8. The molecule has 116 valence electrons. The van der Waals surface area contributed by atoms with Crippen molar-refractivity contribution in [2.75, 3.05) is 6.61 Å². The molecule has 0 bridgehead atoms. The number of allylic oxidation sites excluding steroid dienone is 1. The van der Waals surface area contributed by atoms with Crippen LogP contribution in [0.2, 0.25) is 0 Å². The van der Waals surface area contributed by atoms with Gasteiger partial charge in [0.05, 0.1) is 18.0 Å². The Hall–Kier alpha value is -2.40. The fraction of sp³-hybridized carbons (Fsp3) is 0.222. The molecule has 1 aliphatic rings. The average Bonchev–Trinajstić information content (AvgIpc) is 3.19. The summed E-state index contributed by atoms with van der Waals surface area (Å²) in [7, 11) is 0. The van der Waals surface area contributed by atoms with Crippen LogP contribution in [-0.2, 0) is 6.42 Å². The van der Waals surface area contributed by atoms with Crippen LogP contribution in [0.1, 0.15) is 32.2 Å². The van der Waals surface area contributed by atoms with Crippen molar-refractivity contribution >= 4 is 28.2 Å². The van der Waals surface area contributed by atoms with E-state index >= 15 is 0 Å². The van der Waals surface area contributed by atoms with Gasteiger partial charge in [-0.3, -0.25) is 9.20 Å². The second-order valence-corrected chi connectivity index (χ2v) is 6.91. The van der Waals surface area contributed by atoms with Gasteiger partial charge in [0.1, 0.15) is 5.75 Å². The number of fused-ring (bicyclic) bond motifs is 2. The zero-order chi connectivity index (χ0) is 16.0. The Kier molecular flexibility index (Phi) is 3.31. The van der Waals surface area contributed by atoms with Crippen molar-refractivity contribution in [2.24, 2.45) is 0 Å². The van der Waals surface area contributed by atoms with Crippen LogP contribution in [0.3, 0.4) is 0 Å². The van der Waals surface area contributed by atoms with Crippen molar-refractivity contribution in [3.8, 4) is 5.75 Å². The summed E-state index contributed by atoms with van der Waals surface area (Å²) in [5.74, 6) is 0.897. The number of ether oxygens (including phenoxy) is 1. The summed E-state index contributed by atoms with van der Waals surface area (Å²) < 4.78 is 7.52. The van der Waals surface area contributed by atoms with Crippen LogP contribution in [0.4, 0.5) is 0 Å². The normalized spacial score (nSPS) is 13.7. The highest BCUT2D eigenvalue weighted by molar-refractivity contribution is 7.17. The fourth-order valence-corrected chi connectivity index (χ4v) is 3.75. The molecule has 3 heterocycles. The third-order valence-corrected chi connectivity index (χ3v) is 4.93. The first-order chi connectivity index (χ1) is 11.1. The summed E-state index contributed by atoms with van der Waals surface area (Å²) in [5.41, 5.74) is 3.70. The summed E-state index contributed by atoms with van der Waals surface area (Å²) in [6.45, 7) is 4.72. The van der Waals surface area contributed by atoms with Gasteiger partial charge in [-0.05, 0) is 49.8 Å². The highest BCUT2D eigenvalue weighted by Gasteiger charge is 2.14. The highest BCUT2D eigenvalue weighted by atomic mass is 32.1. The van der Waals surface area contributed by atoms with E-state index in [1.807, 2.05) is 35.6 Å². The second-order valence-electron chi connectivity index (χ2n) is 5.70. The van der Waals surface area contributed by atoms with Crippen LogP contribution in [0.25, 0.3) is 11.0 Å². The van der Waals surface area contributed by atoms with E-state index in [0.29, 0.717) is 12.2 Å². The zero-order valence-electron chi connectivity index (χ0n) is 13.0. The molecule has 0 unspecified atom stereocenters. The van der Waals surface area contributed by atoms with Gasteiger partial charge >= 0.3 is 0 Å². The minimum Gasteiger partial charge on any atom is -0.493 e. The Morgan fingerprint density at radius 3 is 3.13 bits per heavy atom. The number of rotatable bonds is 3. The maximum Gasteiger partial charge on any atom is 0.194 e. The number of aromatic nitrogens is 2. The number of imidazole rings is 1. The highest BCUT2D eigenvalue weighted by Crippen LogP contribution is 2.26. The SMILES string of the molecule is Cc1cn2c(C=CC(=O)c3ccc4c(c3)CCO4)c(C)nc2s1. The summed E-state index contributed by atoms with van der Waals surface area (Å²) in [5, 5.41) is 0. The van der Waals surface area contributed by atoms with Crippen LogP contribution in [0.5, 0.6) is 5.75 Å². The number of aryl methyl sites for hydroxylation is 2. The van der Waals surface area contributed by atoms with Crippen molar-refractivity contribution in [2.45, 2.75) is 20.3 Å². The molecule has 4 rings (SSSR count). The van der Waals surface area contributed by atoms with E-state index in [1.165, 1.54) is 4.88 Å². The van der Waals surface area contributed by atoms with Crippen molar-refractivity contribution in [1.29, 1.82) is 0 Å². The van der Waals surface area contributed by atoms with Gasteiger partial charge in [0.25, 0.3) is 0 Å². The van der Waals surface area contributed by atoms with E-state index in [0.717, 1.165) is 34.1 Å². The molecule has 23 heavy (non-hydrogen) atoms. The summed E-state index contributed by atoms with van der Waals surface area (Å²) in [6, 6.07) is 5.64. The molecule has 0 spiro atoms. The number of thiazole rings is 1. The van der Waals surface area contributed by atoms with E-state index in [2.05, 4.69) is 18.1 Å². The molecule has 0 saturated heterocycles. The molecule has 2 aromatic heterocycles. The summed E-state index contributed by atoms with van der Waals surface area (Å²) in [4.78, 5) is 19.1. The lowest BCUT2D eigenvalue weighted by molar-refractivity contribution is 0.104. The van der Waals surface area contributed by atoms with Crippen LogP contribution in [0, 0.1) is 13.8 Å². The Labute approximate surface area is 138 Å². The minimum absolute atomic E-state index is 0.000927. The number of ketones is 1. The molecule has 1 aliphatic heterocycles. The van der Waals surface area contributed by atoms with Gasteiger partial charge in [0, 0.05) is 23.1 Å². The predicted molar refractivity (Wildman–Crippen MR) is 91.5 cm³/mol. The molecule has 0 saturated carbocycles. The molecule has 0 fully saturated rings. The predicted octanol–water partition coefficient (Wildman–Crippen LogP) is 3.84. The monoisotopic (exact) mass is 324 g/mol. The Bertz CT molecular complexity index is 949. The topological polar surface area (TPSA) is 43.6 Å². The fourth-order valence-electron chi connectivity index (χ4n) is 2.87. The maximum absolute atomic E-state index is 12.4. The van der Waals surface area contributed by atoms with Gasteiger partial charge in [-0.1, -0.05) is 0 Å². The van der Waals surface area contributed by atoms with Gasteiger partial charge in [-0.2, -0.15) is 0 Å². The molecule has 0 amide bonds. The second kappa shape index (κ2) is 5.35. The smallest absolute Gasteiger partial charge is 0.194 e. The number of hydrogen-bond acceptors (Lipinski definition) is 4. The Morgan fingerprint density at radius 2 is 2.26 bits per heavy atom. The number of hydrogen-bond donors (Lipinski definition) is 0. The lowest BCUT2D eigenvalue weighted by Crippen LogP contribution is -1.95. The van der Waals surface area contributed by atoms with E-state index in [9.17, 15) is 4.79 Å². The molecule has 0 N–H and O–H groups in total. The van der Waals surface area contributed by atoms with E-state index in [-0.39, 0.29) is 5.78 Å². The standard InChI is InChI=1S/C18H16N2O2S/c1-11-10-20-15(12(2)19-18(20)23-11)4-5-16(21)13-3-6-17-14(9-13)7-8-22-17/h3-6,9-10H,7-8H2,1-2H3. The van der Waals surface area contributed by atoms with E-state index < -0.39 is 0 Å². The van der Waals surface area contributed by atoms with E-state index in [4.69, 9.17) is 4.74 Å². The molecular weight excluding hydrogens is 308 g/mol. The molecule has 0 radical (unpaired) electrons. The first-order valence-corrected chi connectivity index (χ1v) is 8.37. The lowest BCUT2D eigenvalue weighted by Gasteiger charge is -2.01. The molecule has 0 atom stereocenters. The molecular formula is C18H16N2O2S. The van der Waals surface area contributed by atoms with Crippen LogP contribution >= 0.6 is 11.3 Å². The van der Waals surface area contributed by atoms with Gasteiger partial charge in [0.15, 0.2) is 10.7 Å². The van der Waals surface area contributed by atoms with Gasteiger partial charge in [-0.25, -0.2) is 4.98 Å². The van der Waals surface area contributed by atoms with Crippen LogP contribution in [0.15, 0.2) is 30.5 Å². The third kappa shape index (κ3) is 2.47. The molecule has 3 aromatic rings. The number of nitrogens with zero attached hydrogens (tertiary/aromatic N) is 2. The van der Waals surface area contributed by atoms with Gasteiger partial charge < -0.3 is 4.74 Å². The Balaban J connectivity index is 1.64. The van der Waals surface area contributed by atoms with Crippen molar-refractivity contribution in [3.05, 3.63) is 57.9 Å². The van der Waals surface area contributed by atoms with E-state index in [1.54, 1.807) is 17.4 Å². The largest absolute Gasteiger partial charge is 0.493 e. The Morgan fingerprint density at radius 1 is 1.39 bits per heavy atom. The summed E-state index contributed by atoms with van der Waals surface area (Å²) >= 11 is 1.65. The van der Waals surface area contributed by atoms with Gasteiger partial charge in [0.2, 0.25) is 0 Å². The molecule has 1 aromatic carbocycles. The van der Waals surface area contributed by atoms with Crippen LogP contribution < -0.4 is 4.74 Å². The first-order valence-electron chi connectivity index (χ1n) is 7.55. The van der Waals surface area contributed by atoms with Crippen molar-refractivity contribution in [3.63, 3.8) is 0 Å². The molecule has 0 aliphatic carbocycles. The minimum atomic E-state index is 0.000927. The van der Waals surface area contributed by atoms with Crippen molar-refractivity contribution < 1.29 is 9.53 Å². The summed E-state index contributed by atoms with van der Waals surface area (Å²) in [6.07, 6.45) is 6.40. The lowest BCUT2D eigenvalue weighted by atomic mass is 10.0. The first kappa shape index (κ1) is 14.2. The van der Waals surface area contributed by atoms with Crippen LogP contribution in [-0.4, -0.2) is 21.8 Å². The molecule has 4 nitrogen and oxygen atoms in total. The average molecular weight is 324 g/mol. The molecule has 5 heteroatoms. The third-order valence-electron chi connectivity index (χ3n) is 4.03. The quantitative estimate of drug-likeness (QED) is 0.543. The number of carbonyl (C=O) groups excluding carboxylic acids is 1. The number of benzene rings is 1.